The van der Waals surface area contributed by atoms with Gasteiger partial charge in [0, 0.05) is 18.6 Å². The van der Waals surface area contributed by atoms with Gasteiger partial charge in [-0.15, -0.1) is 0 Å². The van der Waals surface area contributed by atoms with E-state index in [-0.39, 0.29) is 5.78 Å². The predicted octanol–water partition coefficient (Wildman–Crippen LogP) is 2.56. The lowest BCUT2D eigenvalue weighted by Crippen LogP contribution is -2.03. The van der Waals surface area contributed by atoms with Crippen LogP contribution in [0.1, 0.15) is 26.2 Å². The molecule has 3 nitrogen and oxygen atoms in total. The van der Waals surface area contributed by atoms with Crippen LogP contribution in [-0.4, -0.2) is 22.9 Å². The first-order chi connectivity index (χ1) is 8.19. The fourth-order valence-electron chi connectivity index (χ4n) is 1.49. The Morgan fingerprint density at radius 3 is 2.71 bits per heavy atom. The maximum absolute atomic E-state index is 12.0. The Kier molecular flexibility index (Phi) is 5.91. The number of para-hydroxylation sites is 1. The number of hydrogen-bond donors (Lipinski definition) is 0. The van der Waals surface area contributed by atoms with Gasteiger partial charge in [0.2, 0.25) is 0 Å². The molecule has 1 aromatic carbocycles. The van der Waals surface area contributed by atoms with Gasteiger partial charge in [0.05, 0.1) is 22.8 Å². The van der Waals surface area contributed by atoms with Crippen molar-refractivity contribution in [3.05, 3.63) is 24.3 Å². The Morgan fingerprint density at radius 1 is 1.35 bits per heavy atom. The molecule has 94 valence electrons. The van der Waals surface area contributed by atoms with Gasteiger partial charge in [0.1, 0.15) is 11.5 Å². The minimum absolute atomic E-state index is 0.224. The van der Waals surface area contributed by atoms with Crippen molar-refractivity contribution >= 4 is 16.6 Å². The molecule has 0 N–H and O–H groups in total. The van der Waals surface area contributed by atoms with Crippen molar-refractivity contribution in [2.75, 3.05) is 12.9 Å². The second-order valence-electron chi connectivity index (χ2n) is 3.70. The van der Waals surface area contributed by atoms with Gasteiger partial charge in [-0.2, -0.15) is 0 Å². The molecular weight excluding hydrogens is 236 g/mol. The van der Waals surface area contributed by atoms with Crippen molar-refractivity contribution in [2.45, 2.75) is 31.1 Å². The van der Waals surface area contributed by atoms with Crippen LogP contribution in [0.3, 0.4) is 0 Å². The van der Waals surface area contributed by atoms with Crippen molar-refractivity contribution in [1.82, 2.24) is 0 Å². The molecule has 17 heavy (non-hydrogen) atoms. The Bertz CT molecular complexity index is 401. The normalized spacial score (nSPS) is 12.1. The minimum atomic E-state index is -1.09. The molecule has 0 aliphatic rings. The quantitative estimate of drug-likeness (QED) is 0.751. The van der Waals surface area contributed by atoms with Gasteiger partial charge >= 0.3 is 0 Å². The van der Waals surface area contributed by atoms with Crippen LogP contribution in [0.15, 0.2) is 29.2 Å². The number of ether oxygens (including phenoxy) is 1. The Labute approximate surface area is 105 Å². The van der Waals surface area contributed by atoms with E-state index >= 15 is 0 Å². The van der Waals surface area contributed by atoms with Crippen molar-refractivity contribution in [1.29, 1.82) is 0 Å². The van der Waals surface area contributed by atoms with Crippen LogP contribution in [0, 0.1) is 0 Å². The second kappa shape index (κ2) is 7.22. The predicted molar refractivity (Wildman–Crippen MR) is 68.8 cm³/mol. The molecule has 0 saturated carbocycles. The monoisotopic (exact) mass is 254 g/mol. The van der Waals surface area contributed by atoms with Gasteiger partial charge in [-0.05, 0) is 18.6 Å². The number of carbonyl (C=O) groups excluding carboxylic acids is 1. The maximum Gasteiger partial charge on any atom is 0.134 e. The van der Waals surface area contributed by atoms with E-state index in [1.54, 1.807) is 19.2 Å². The first-order valence-electron chi connectivity index (χ1n) is 5.72. The number of ketones is 1. The Hall–Kier alpha value is -1.16. The summed E-state index contributed by atoms with van der Waals surface area (Å²) in [7, 11) is 0.476. The second-order valence-corrected chi connectivity index (χ2v) is 5.24. The number of carbonyl (C=O) groups is 1. The maximum atomic E-state index is 12.0. The molecule has 1 rings (SSSR count). The molecular formula is C13H18O3S. The number of methoxy groups -OCH3 is 1. The van der Waals surface area contributed by atoms with Crippen LogP contribution in [0.25, 0.3) is 0 Å². The topological polar surface area (TPSA) is 43.4 Å². The zero-order valence-corrected chi connectivity index (χ0v) is 11.1. The highest BCUT2D eigenvalue weighted by atomic mass is 32.2. The summed E-state index contributed by atoms with van der Waals surface area (Å²) in [4.78, 5) is 11.8. The molecule has 4 heteroatoms. The van der Waals surface area contributed by atoms with E-state index in [1.807, 2.05) is 19.1 Å². The molecule has 0 saturated heterocycles. The molecule has 0 bridgehead atoms. The van der Waals surface area contributed by atoms with Gasteiger partial charge < -0.3 is 4.74 Å². The van der Waals surface area contributed by atoms with E-state index in [2.05, 4.69) is 0 Å². The van der Waals surface area contributed by atoms with E-state index in [0.717, 1.165) is 0 Å². The summed E-state index contributed by atoms with van der Waals surface area (Å²) in [6.45, 7) is 1.85. The number of hydrogen-bond acceptors (Lipinski definition) is 3. The van der Waals surface area contributed by atoms with E-state index < -0.39 is 10.8 Å². The summed E-state index contributed by atoms with van der Waals surface area (Å²) in [5.74, 6) is 1.38. The lowest BCUT2D eigenvalue weighted by molar-refractivity contribution is -0.118. The van der Waals surface area contributed by atoms with Crippen LogP contribution in [-0.2, 0) is 15.6 Å². The third-order valence-corrected chi connectivity index (χ3v) is 3.98. The number of rotatable bonds is 7. The van der Waals surface area contributed by atoms with Gasteiger partial charge in [-0.3, -0.25) is 9.00 Å². The average molecular weight is 254 g/mol. The molecule has 1 atom stereocenters. The van der Waals surface area contributed by atoms with Crippen molar-refractivity contribution < 1.29 is 13.7 Å². The SMILES string of the molecule is CCC(=O)CCCS(=O)c1ccccc1OC. The highest BCUT2D eigenvalue weighted by molar-refractivity contribution is 7.85. The van der Waals surface area contributed by atoms with E-state index in [1.165, 1.54) is 0 Å². The molecule has 1 aromatic rings. The van der Waals surface area contributed by atoms with Crippen LogP contribution >= 0.6 is 0 Å². The Morgan fingerprint density at radius 2 is 2.06 bits per heavy atom. The number of Topliss-reactive ketones (excluding diaryl/α,β-unsaturated/α-hetero) is 1. The summed E-state index contributed by atoms with van der Waals surface area (Å²) < 4.78 is 17.2. The first kappa shape index (κ1) is 13.9. The van der Waals surface area contributed by atoms with Crippen LogP contribution in [0.4, 0.5) is 0 Å². The lowest BCUT2D eigenvalue weighted by atomic mass is 10.2. The Balaban J connectivity index is 2.55. The highest BCUT2D eigenvalue weighted by Crippen LogP contribution is 2.21. The van der Waals surface area contributed by atoms with Crippen molar-refractivity contribution in [2.24, 2.45) is 0 Å². The van der Waals surface area contributed by atoms with Crippen LogP contribution in [0.5, 0.6) is 5.75 Å². The van der Waals surface area contributed by atoms with Crippen LogP contribution < -0.4 is 4.74 Å². The zero-order chi connectivity index (χ0) is 12.7. The van der Waals surface area contributed by atoms with Crippen molar-refractivity contribution in [3.8, 4) is 5.75 Å². The lowest BCUT2D eigenvalue weighted by Gasteiger charge is -2.07. The van der Waals surface area contributed by atoms with Gasteiger partial charge in [-0.25, -0.2) is 0 Å². The molecule has 0 radical (unpaired) electrons. The molecule has 0 aliphatic heterocycles. The number of benzene rings is 1. The van der Waals surface area contributed by atoms with Crippen molar-refractivity contribution in [3.63, 3.8) is 0 Å². The average Bonchev–Trinajstić information content (AvgIpc) is 2.38. The van der Waals surface area contributed by atoms with E-state index in [9.17, 15) is 9.00 Å². The highest BCUT2D eigenvalue weighted by Gasteiger charge is 2.10. The molecule has 0 spiro atoms. The van der Waals surface area contributed by atoms with Gasteiger partial charge in [0.25, 0.3) is 0 Å². The zero-order valence-electron chi connectivity index (χ0n) is 10.3. The molecule has 0 heterocycles. The summed E-state index contributed by atoms with van der Waals surface area (Å²) in [5.41, 5.74) is 0. The fraction of sp³-hybridized carbons (Fsp3) is 0.462. The molecule has 0 fully saturated rings. The van der Waals surface area contributed by atoms with Gasteiger partial charge in [-0.1, -0.05) is 19.1 Å². The fourth-order valence-corrected chi connectivity index (χ4v) is 2.73. The third kappa shape index (κ3) is 4.30. The summed E-state index contributed by atoms with van der Waals surface area (Å²) in [5, 5.41) is 0. The first-order valence-corrected chi connectivity index (χ1v) is 7.04. The minimum Gasteiger partial charge on any atom is -0.495 e. The smallest absolute Gasteiger partial charge is 0.134 e. The van der Waals surface area contributed by atoms with Gasteiger partial charge in [0.15, 0.2) is 0 Å². The summed E-state index contributed by atoms with van der Waals surface area (Å²) in [6.07, 6.45) is 1.73. The third-order valence-electron chi connectivity index (χ3n) is 2.49. The van der Waals surface area contributed by atoms with E-state index in [4.69, 9.17) is 4.74 Å². The largest absolute Gasteiger partial charge is 0.495 e. The molecule has 0 aromatic heterocycles. The molecule has 0 amide bonds. The van der Waals surface area contributed by atoms with E-state index in [0.29, 0.717) is 35.7 Å². The summed E-state index contributed by atoms with van der Waals surface area (Å²) in [6, 6.07) is 7.29. The standard InChI is InChI=1S/C13H18O3S/c1-3-11(14)7-6-10-17(15)13-9-5-4-8-12(13)16-2/h4-5,8-9H,3,6-7,10H2,1-2H3. The molecule has 0 aliphatic carbocycles. The molecule has 1 unspecified atom stereocenters. The van der Waals surface area contributed by atoms with Crippen LogP contribution in [0.2, 0.25) is 0 Å². The summed E-state index contributed by atoms with van der Waals surface area (Å²) >= 11 is 0.